The molecule has 0 saturated carbocycles. The average molecular weight is 298 g/mol. The highest BCUT2D eigenvalue weighted by molar-refractivity contribution is 7.84. The number of nitrogens with zero attached hydrogens (tertiary/aromatic N) is 4. The van der Waals surface area contributed by atoms with Gasteiger partial charge in [-0.1, -0.05) is 0 Å². The van der Waals surface area contributed by atoms with E-state index in [1.165, 1.54) is 12.8 Å². The predicted octanol–water partition coefficient (Wildman–Crippen LogP) is 0.692. The van der Waals surface area contributed by atoms with E-state index in [4.69, 9.17) is 0 Å². The topological polar surface area (TPSA) is 83.0 Å². The molecule has 0 aromatic carbocycles. The molecule has 1 aliphatic heterocycles. The first kappa shape index (κ1) is 15.0. The van der Waals surface area contributed by atoms with Gasteiger partial charge in [0.1, 0.15) is 0 Å². The van der Waals surface area contributed by atoms with Gasteiger partial charge in [0.25, 0.3) is 0 Å². The van der Waals surface area contributed by atoms with Crippen LogP contribution in [0.1, 0.15) is 19.8 Å². The van der Waals surface area contributed by atoms with Crippen molar-refractivity contribution in [2.75, 3.05) is 48.5 Å². The summed E-state index contributed by atoms with van der Waals surface area (Å²) >= 11 is 0. The Kier molecular flexibility index (Phi) is 5.11. The third kappa shape index (κ3) is 3.78. The van der Waals surface area contributed by atoms with E-state index >= 15 is 0 Å². The molecule has 2 rings (SSSR count). The van der Waals surface area contributed by atoms with Crippen molar-refractivity contribution in [3.63, 3.8) is 0 Å². The van der Waals surface area contributed by atoms with Crippen LogP contribution in [0.5, 0.6) is 0 Å². The van der Waals surface area contributed by atoms with E-state index < -0.39 is 10.8 Å². The first-order valence-electron chi connectivity index (χ1n) is 6.85. The maximum atomic E-state index is 11.4. The standard InChI is InChI=1S/C12H22N6OS/c1-9(20(3)19)8-14-11-15-10(13-2)16-12(17-11)18-6-4-5-7-18/h9H,4-8H2,1-3H3,(H2,13,14,15,16,17). The van der Waals surface area contributed by atoms with E-state index in [0.29, 0.717) is 24.4 Å². The lowest BCUT2D eigenvalue weighted by molar-refractivity contribution is 0.678. The molecule has 0 spiro atoms. The Labute approximate surface area is 122 Å². The zero-order chi connectivity index (χ0) is 14.5. The molecule has 1 aromatic rings. The number of nitrogens with one attached hydrogen (secondary N) is 2. The summed E-state index contributed by atoms with van der Waals surface area (Å²) in [5.74, 6) is 1.79. The van der Waals surface area contributed by atoms with Gasteiger partial charge in [0.05, 0.1) is 0 Å². The lowest BCUT2D eigenvalue weighted by Gasteiger charge is -2.17. The molecule has 7 nitrogen and oxygen atoms in total. The Hall–Kier alpha value is -1.44. The fraction of sp³-hybridized carbons (Fsp3) is 0.750. The quantitative estimate of drug-likeness (QED) is 0.799. The molecule has 0 bridgehead atoms. The number of aromatic nitrogens is 3. The molecule has 1 fully saturated rings. The maximum Gasteiger partial charge on any atom is 0.231 e. The van der Waals surface area contributed by atoms with Crippen molar-refractivity contribution < 1.29 is 4.21 Å². The van der Waals surface area contributed by atoms with Gasteiger partial charge in [-0.25, -0.2) is 0 Å². The van der Waals surface area contributed by atoms with Crippen LogP contribution in [0.3, 0.4) is 0 Å². The van der Waals surface area contributed by atoms with Gasteiger partial charge in [-0.3, -0.25) is 4.21 Å². The molecule has 0 aliphatic carbocycles. The van der Waals surface area contributed by atoms with Crippen LogP contribution >= 0.6 is 0 Å². The first-order valence-corrected chi connectivity index (χ1v) is 8.47. The van der Waals surface area contributed by atoms with E-state index in [0.717, 1.165) is 13.1 Å². The highest BCUT2D eigenvalue weighted by Crippen LogP contribution is 2.18. The summed E-state index contributed by atoms with van der Waals surface area (Å²) in [5.41, 5.74) is 0. The van der Waals surface area contributed by atoms with Crippen LogP contribution in [0.2, 0.25) is 0 Å². The minimum atomic E-state index is -0.858. The van der Waals surface area contributed by atoms with Gasteiger partial charge >= 0.3 is 0 Å². The highest BCUT2D eigenvalue weighted by atomic mass is 32.2. The van der Waals surface area contributed by atoms with Crippen LogP contribution in [0.15, 0.2) is 0 Å². The summed E-state index contributed by atoms with van der Waals surface area (Å²) in [6, 6.07) is 0. The summed E-state index contributed by atoms with van der Waals surface area (Å²) in [5, 5.41) is 6.15. The van der Waals surface area contributed by atoms with Crippen LogP contribution in [0.25, 0.3) is 0 Å². The molecule has 0 amide bonds. The molecular formula is C12H22N6OS. The maximum absolute atomic E-state index is 11.4. The van der Waals surface area contributed by atoms with Gasteiger partial charge in [-0.05, 0) is 19.8 Å². The monoisotopic (exact) mass is 298 g/mol. The second-order valence-electron chi connectivity index (χ2n) is 4.92. The van der Waals surface area contributed by atoms with Crippen molar-refractivity contribution in [2.45, 2.75) is 25.0 Å². The molecule has 1 aromatic heterocycles. The van der Waals surface area contributed by atoms with E-state index in [1.807, 2.05) is 6.92 Å². The molecule has 1 aliphatic rings. The van der Waals surface area contributed by atoms with Gasteiger partial charge in [0.15, 0.2) is 0 Å². The first-order chi connectivity index (χ1) is 9.60. The van der Waals surface area contributed by atoms with Crippen molar-refractivity contribution >= 4 is 28.6 Å². The second kappa shape index (κ2) is 6.83. The van der Waals surface area contributed by atoms with Crippen LogP contribution < -0.4 is 15.5 Å². The second-order valence-corrected chi connectivity index (χ2v) is 6.72. The van der Waals surface area contributed by atoms with Gasteiger partial charge in [-0.15, -0.1) is 0 Å². The Morgan fingerprint density at radius 2 is 1.90 bits per heavy atom. The molecule has 2 atom stereocenters. The summed E-state index contributed by atoms with van der Waals surface area (Å²) in [6.07, 6.45) is 4.05. The minimum Gasteiger partial charge on any atom is -0.357 e. The Bertz CT molecular complexity index is 477. The zero-order valence-electron chi connectivity index (χ0n) is 12.2. The van der Waals surface area contributed by atoms with E-state index in [9.17, 15) is 4.21 Å². The number of hydrogen-bond acceptors (Lipinski definition) is 7. The van der Waals surface area contributed by atoms with Crippen LogP contribution in [0, 0.1) is 0 Å². The fourth-order valence-electron chi connectivity index (χ4n) is 1.97. The van der Waals surface area contributed by atoms with E-state index in [1.54, 1.807) is 13.3 Å². The molecule has 20 heavy (non-hydrogen) atoms. The summed E-state index contributed by atoms with van der Waals surface area (Å²) in [4.78, 5) is 15.3. The smallest absolute Gasteiger partial charge is 0.231 e. The third-order valence-electron chi connectivity index (χ3n) is 3.35. The van der Waals surface area contributed by atoms with Gasteiger partial charge in [0.2, 0.25) is 17.8 Å². The molecule has 2 unspecified atom stereocenters. The average Bonchev–Trinajstić information content (AvgIpc) is 2.98. The van der Waals surface area contributed by atoms with E-state index in [-0.39, 0.29) is 5.25 Å². The molecule has 112 valence electrons. The Balaban J connectivity index is 2.11. The van der Waals surface area contributed by atoms with Gasteiger partial charge in [0, 0.05) is 49.0 Å². The summed E-state index contributed by atoms with van der Waals surface area (Å²) in [6.45, 7) is 4.49. The number of anilines is 3. The molecule has 1 saturated heterocycles. The minimum absolute atomic E-state index is 0.0556. The predicted molar refractivity (Wildman–Crippen MR) is 82.8 cm³/mol. The van der Waals surface area contributed by atoms with Crippen LogP contribution in [-0.4, -0.2) is 57.3 Å². The van der Waals surface area contributed by atoms with Crippen molar-refractivity contribution in [3.8, 4) is 0 Å². The van der Waals surface area contributed by atoms with Gasteiger partial charge < -0.3 is 15.5 Å². The van der Waals surface area contributed by atoms with E-state index in [2.05, 4.69) is 30.5 Å². The molecule has 0 radical (unpaired) electrons. The molecule has 2 N–H and O–H groups in total. The lowest BCUT2D eigenvalue weighted by atomic mass is 10.4. The van der Waals surface area contributed by atoms with Crippen molar-refractivity contribution in [1.29, 1.82) is 0 Å². The van der Waals surface area contributed by atoms with Crippen molar-refractivity contribution in [1.82, 2.24) is 15.0 Å². The molecule has 8 heteroatoms. The fourth-order valence-corrected chi connectivity index (χ4v) is 2.28. The zero-order valence-corrected chi connectivity index (χ0v) is 13.0. The van der Waals surface area contributed by atoms with Gasteiger partial charge in [-0.2, -0.15) is 15.0 Å². The Morgan fingerprint density at radius 1 is 1.25 bits per heavy atom. The summed E-state index contributed by atoms with van der Waals surface area (Å²) in [7, 11) is 0.930. The van der Waals surface area contributed by atoms with Crippen molar-refractivity contribution in [2.24, 2.45) is 0 Å². The highest BCUT2D eigenvalue weighted by Gasteiger charge is 2.17. The Morgan fingerprint density at radius 3 is 2.50 bits per heavy atom. The van der Waals surface area contributed by atoms with Crippen LogP contribution in [-0.2, 0) is 10.8 Å². The molecular weight excluding hydrogens is 276 g/mol. The SMILES string of the molecule is CNc1nc(NCC(C)S(C)=O)nc(N2CCCC2)n1. The largest absolute Gasteiger partial charge is 0.357 e. The number of hydrogen-bond donors (Lipinski definition) is 2. The van der Waals surface area contributed by atoms with Crippen molar-refractivity contribution in [3.05, 3.63) is 0 Å². The summed E-state index contributed by atoms with van der Waals surface area (Å²) < 4.78 is 11.4. The normalized spacial score (nSPS) is 17.9. The third-order valence-corrected chi connectivity index (χ3v) is 4.65. The lowest BCUT2D eigenvalue weighted by Crippen LogP contribution is -2.24. The number of rotatable bonds is 6. The van der Waals surface area contributed by atoms with Crippen LogP contribution in [0.4, 0.5) is 17.8 Å². The molecule has 2 heterocycles.